The van der Waals surface area contributed by atoms with Gasteiger partial charge in [-0.05, 0) is 19.8 Å². The topological polar surface area (TPSA) is 127 Å². The van der Waals surface area contributed by atoms with Gasteiger partial charge in [-0.1, -0.05) is 26.0 Å². The van der Waals surface area contributed by atoms with Gasteiger partial charge in [0.15, 0.2) is 0 Å². The molecule has 168 valence electrons. The number of rotatable bonds is 17. The molecule has 0 fully saturated rings. The van der Waals surface area contributed by atoms with Crippen molar-refractivity contribution < 1.29 is 53.0 Å². The molecule has 0 saturated heterocycles. The van der Waals surface area contributed by atoms with E-state index in [1.54, 1.807) is 13.8 Å². The number of allylic oxidation sites excluding steroid dienone is 2. The Morgan fingerprint density at radius 1 is 1.07 bits per heavy atom. The van der Waals surface area contributed by atoms with Crippen LogP contribution in [0.5, 0.6) is 0 Å². The quantitative estimate of drug-likeness (QED) is 0.104. The SMILES string of the molecule is C/C=C/CCCC(=O)NCC[N+](CCO)(CCC(C)C(=O)[O-])CCC(C)C(=O)O.[Li+]. The maximum absolute atomic E-state index is 12.0. The number of aliphatic hydroxyl groups is 1. The summed E-state index contributed by atoms with van der Waals surface area (Å²) in [6, 6.07) is 0. The molecule has 8 nitrogen and oxygen atoms in total. The molecule has 0 bridgehead atoms. The summed E-state index contributed by atoms with van der Waals surface area (Å²) in [6.07, 6.45) is 6.78. The number of carbonyl (C=O) groups is 3. The number of quaternary nitrogens is 1. The molecule has 0 aromatic carbocycles. The van der Waals surface area contributed by atoms with Gasteiger partial charge in [0, 0.05) is 31.1 Å². The van der Waals surface area contributed by atoms with E-state index in [2.05, 4.69) is 5.32 Å². The van der Waals surface area contributed by atoms with Crippen LogP contribution >= 0.6 is 0 Å². The first-order chi connectivity index (χ1) is 13.7. The van der Waals surface area contributed by atoms with Gasteiger partial charge < -0.3 is 29.9 Å². The van der Waals surface area contributed by atoms with Crippen LogP contribution in [0.2, 0.25) is 0 Å². The molecular weight excluding hydrogens is 383 g/mol. The van der Waals surface area contributed by atoms with E-state index in [0.29, 0.717) is 56.5 Å². The van der Waals surface area contributed by atoms with Gasteiger partial charge in [-0.3, -0.25) is 9.59 Å². The fraction of sp³-hybridized carbons (Fsp3) is 0.762. The molecule has 0 aromatic rings. The number of carboxylic acids is 2. The summed E-state index contributed by atoms with van der Waals surface area (Å²) in [5.74, 6) is -3.22. The van der Waals surface area contributed by atoms with Crippen LogP contribution in [0.15, 0.2) is 12.2 Å². The Labute approximate surface area is 192 Å². The molecule has 0 radical (unpaired) electrons. The van der Waals surface area contributed by atoms with Crippen LogP contribution in [-0.4, -0.2) is 71.9 Å². The molecule has 0 spiro atoms. The van der Waals surface area contributed by atoms with Crippen LogP contribution in [0.3, 0.4) is 0 Å². The normalized spacial score (nSPS) is 15.1. The van der Waals surface area contributed by atoms with E-state index in [1.807, 2.05) is 19.1 Å². The van der Waals surface area contributed by atoms with E-state index < -0.39 is 23.8 Å². The fourth-order valence-electron chi connectivity index (χ4n) is 3.13. The molecule has 0 aliphatic carbocycles. The van der Waals surface area contributed by atoms with Gasteiger partial charge in [0.25, 0.3) is 0 Å². The number of nitrogens with zero attached hydrogens (tertiary/aromatic N) is 1. The minimum atomic E-state index is -1.12. The standard InChI is InChI=1S/C21H38N2O6.Li/c1-4-5-6-7-8-19(25)22-11-14-23(15-16-24,12-9-17(2)20(26)27)13-10-18(3)21(28)29;/h4-5,17-18,24H,6-16H2,1-3H3,(H2-,22,25,26,27,28,29);/q;+1/b5-4+;. The average Bonchev–Trinajstić information content (AvgIpc) is 2.67. The summed E-state index contributed by atoms with van der Waals surface area (Å²) in [7, 11) is 0. The molecule has 0 aromatic heterocycles. The van der Waals surface area contributed by atoms with E-state index in [4.69, 9.17) is 5.11 Å². The molecule has 3 N–H and O–H groups in total. The van der Waals surface area contributed by atoms with E-state index in [0.717, 1.165) is 12.8 Å². The van der Waals surface area contributed by atoms with Gasteiger partial charge in [-0.2, -0.15) is 0 Å². The van der Waals surface area contributed by atoms with E-state index in [-0.39, 0.29) is 31.4 Å². The molecule has 0 heterocycles. The average molecular weight is 421 g/mol. The third-order valence-corrected chi connectivity index (χ3v) is 5.39. The van der Waals surface area contributed by atoms with Crippen molar-refractivity contribution in [3.8, 4) is 0 Å². The van der Waals surface area contributed by atoms with E-state index in [9.17, 15) is 24.6 Å². The Morgan fingerprint density at radius 2 is 1.67 bits per heavy atom. The second-order valence-electron chi connectivity index (χ2n) is 7.81. The van der Waals surface area contributed by atoms with Crippen molar-refractivity contribution in [1.82, 2.24) is 5.32 Å². The van der Waals surface area contributed by atoms with Crippen molar-refractivity contribution in [2.75, 3.05) is 39.3 Å². The van der Waals surface area contributed by atoms with Crippen LogP contribution in [0.25, 0.3) is 0 Å². The van der Waals surface area contributed by atoms with Crippen molar-refractivity contribution in [2.24, 2.45) is 11.8 Å². The Bertz CT molecular complexity index is 518. The van der Waals surface area contributed by atoms with E-state index in [1.165, 1.54) is 0 Å². The summed E-state index contributed by atoms with van der Waals surface area (Å²) in [4.78, 5) is 34.3. The van der Waals surface area contributed by atoms with Crippen molar-refractivity contribution in [3.63, 3.8) is 0 Å². The maximum Gasteiger partial charge on any atom is 1.00 e. The van der Waals surface area contributed by atoms with Gasteiger partial charge >= 0.3 is 24.8 Å². The molecule has 0 rings (SSSR count). The largest absolute Gasteiger partial charge is 1.00 e. The van der Waals surface area contributed by atoms with Crippen molar-refractivity contribution in [2.45, 2.75) is 52.9 Å². The number of carbonyl (C=O) groups excluding carboxylic acids is 2. The Balaban J connectivity index is 0. The molecule has 0 aliphatic rings. The number of amides is 1. The predicted molar refractivity (Wildman–Crippen MR) is 109 cm³/mol. The van der Waals surface area contributed by atoms with Crippen molar-refractivity contribution in [3.05, 3.63) is 12.2 Å². The van der Waals surface area contributed by atoms with Crippen molar-refractivity contribution >= 4 is 17.8 Å². The summed E-state index contributed by atoms with van der Waals surface area (Å²) < 4.78 is 0.366. The van der Waals surface area contributed by atoms with Gasteiger partial charge in [-0.25, -0.2) is 0 Å². The Hall–Kier alpha value is -1.33. The Kier molecular flexibility index (Phi) is 17.9. The third-order valence-electron chi connectivity index (χ3n) is 5.39. The second kappa shape index (κ2) is 17.4. The van der Waals surface area contributed by atoms with Gasteiger partial charge in [0.05, 0.1) is 38.7 Å². The number of aliphatic hydroxyl groups excluding tert-OH is 1. The van der Waals surface area contributed by atoms with Crippen LogP contribution in [0, 0.1) is 11.8 Å². The predicted octanol–water partition coefficient (Wildman–Crippen LogP) is -2.45. The molecule has 9 heteroatoms. The van der Waals surface area contributed by atoms with Gasteiger partial charge in [0.2, 0.25) is 5.91 Å². The monoisotopic (exact) mass is 421 g/mol. The first kappa shape index (κ1) is 30.9. The molecule has 1 amide bonds. The summed E-state index contributed by atoms with van der Waals surface area (Å²) in [5, 5.41) is 32.7. The van der Waals surface area contributed by atoms with Crippen molar-refractivity contribution in [1.29, 1.82) is 0 Å². The van der Waals surface area contributed by atoms with Crippen LogP contribution < -0.4 is 29.3 Å². The third kappa shape index (κ3) is 13.8. The molecule has 3 atom stereocenters. The minimum absolute atomic E-state index is 0. The number of unbranched alkanes of at least 4 members (excludes halogenated alkanes) is 1. The van der Waals surface area contributed by atoms with Crippen LogP contribution in [0.1, 0.15) is 52.9 Å². The number of aliphatic carboxylic acids is 2. The molecule has 30 heavy (non-hydrogen) atoms. The minimum Gasteiger partial charge on any atom is -0.550 e. The zero-order chi connectivity index (χ0) is 22.3. The Morgan fingerprint density at radius 3 is 2.17 bits per heavy atom. The van der Waals surface area contributed by atoms with E-state index >= 15 is 0 Å². The summed E-state index contributed by atoms with van der Waals surface area (Å²) >= 11 is 0. The summed E-state index contributed by atoms with van der Waals surface area (Å²) in [6.45, 7) is 7.29. The van der Waals surface area contributed by atoms with Crippen LogP contribution in [-0.2, 0) is 14.4 Å². The number of carboxylic acid groups (broad SMARTS) is 2. The zero-order valence-electron chi connectivity index (χ0n) is 19.1. The molecule has 0 saturated carbocycles. The van der Waals surface area contributed by atoms with Gasteiger partial charge in [-0.15, -0.1) is 0 Å². The number of hydrogen-bond donors (Lipinski definition) is 3. The zero-order valence-corrected chi connectivity index (χ0v) is 19.1. The van der Waals surface area contributed by atoms with Gasteiger partial charge in [0.1, 0.15) is 6.54 Å². The second-order valence-corrected chi connectivity index (χ2v) is 7.81. The smallest absolute Gasteiger partial charge is 0.550 e. The maximum atomic E-state index is 12.0. The van der Waals surface area contributed by atoms with Crippen LogP contribution in [0.4, 0.5) is 0 Å². The summed E-state index contributed by atoms with van der Waals surface area (Å²) in [5.41, 5.74) is 0. The molecule has 3 unspecified atom stereocenters. The number of hydrogen-bond acceptors (Lipinski definition) is 5. The fourth-order valence-corrected chi connectivity index (χ4v) is 3.13. The molecular formula is C21H38LiN2O6+. The number of nitrogens with one attached hydrogen (secondary N) is 1. The first-order valence-electron chi connectivity index (χ1n) is 10.4. The molecule has 0 aliphatic heterocycles. The first-order valence-corrected chi connectivity index (χ1v) is 10.4.